The fraction of sp³-hybridized carbons (Fsp3) is 0.400. The van der Waals surface area contributed by atoms with Crippen molar-refractivity contribution in [3.63, 3.8) is 0 Å². The van der Waals surface area contributed by atoms with Crippen LogP contribution in [0.2, 0.25) is 0 Å². The third-order valence-electron chi connectivity index (χ3n) is 2.49. The van der Waals surface area contributed by atoms with Crippen molar-refractivity contribution in [3.05, 3.63) is 34.7 Å². The Morgan fingerprint density at radius 2 is 2.00 bits per heavy atom. The normalized spacial score (nSPS) is 15.9. The summed E-state index contributed by atoms with van der Waals surface area (Å²) in [5.41, 5.74) is 10.2. The molecule has 1 aliphatic heterocycles. The molecule has 1 aromatic carbocycles. The lowest BCUT2D eigenvalue weighted by Gasteiger charge is -2.30. The van der Waals surface area contributed by atoms with E-state index < -0.39 is 0 Å². The summed E-state index contributed by atoms with van der Waals surface area (Å²) in [6, 6.07) is 7.69. The summed E-state index contributed by atoms with van der Waals surface area (Å²) in [6.07, 6.45) is 0. The lowest BCUT2D eigenvalue weighted by atomic mass is 10.2. The Balaban J connectivity index is 2.28. The number of azide groups is 1. The van der Waals surface area contributed by atoms with Crippen molar-refractivity contribution in [3.8, 4) is 0 Å². The van der Waals surface area contributed by atoms with Crippen molar-refractivity contribution >= 4 is 11.4 Å². The van der Waals surface area contributed by atoms with Gasteiger partial charge in [0.25, 0.3) is 0 Å². The molecule has 0 amide bonds. The quantitative estimate of drug-likeness (QED) is 0.454. The third kappa shape index (κ3) is 2.21. The van der Waals surface area contributed by atoms with E-state index in [1.807, 2.05) is 24.3 Å². The molecule has 5 heteroatoms. The first kappa shape index (κ1) is 9.83. The van der Waals surface area contributed by atoms with Gasteiger partial charge in [-0.1, -0.05) is 23.3 Å². The number of piperazine rings is 1. The Labute approximate surface area is 88.3 Å². The molecule has 0 spiro atoms. The molecule has 78 valence electrons. The maximum atomic E-state index is 8.47. The standard InChI is InChI=1S/C10H13N5/c11-14-13-9-3-1-2-4-10(9)15-7-5-12-6-8-15/h1-4,12H,5-8H2. The fourth-order valence-electron chi connectivity index (χ4n) is 1.77. The van der Waals surface area contributed by atoms with Crippen LogP contribution >= 0.6 is 0 Å². The largest absolute Gasteiger partial charge is 0.369 e. The van der Waals surface area contributed by atoms with Crippen LogP contribution in [0, 0.1) is 0 Å². The Hall–Kier alpha value is -1.71. The van der Waals surface area contributed by atoms with Crippen LogP contribution < -0.4 is 10.2 Å². The molecule has 5 nitrogen and oxygen atoms in total. The molecule has 1 fully saturated rings. The molecule has 15 heavy (non-hydrogen) atoms. The minimum Gasteiger partial charge on any atom is -0.369 e. The van der Waals surface area contributed by atoms with Crippen molar-refractivity contribution in [2.45, 2.75) is 0 Å². The molecule has 0 radical (unpaired) electrons. The van der Waals surface area contributed by atoms with Gasteiger partial charge in [0.1, 0.15) is 0 Å². The van der Waals surface area contributed by atoms with Gasteiger partial charge in [-0.3, -0.25) is 0 Å². The van der Waals surface area contributed by atoms with Gasteiger partial charge in [-0.2, -0.15) is 0 Å². The zero-order valence-corrected chi connectivity index (χ0v) is 8.43. The van der Waals surface area contributed by atoms with Crippen LogP contribution in [0.25, 0.3) is 10.4 Å². The first-order chi connectivity index (χ1) is 7.42. The summed E-state index contributed by atoms with van der Waals surface area (Å²) < 4.78 is 0. The molecule has 1 aliphatic rings. The van der Waals surface area contributed by atoms with Gasteiger partial charge in [-0.15, -0.1) is 0 Å². The highest BCUT2D eigenvalue weighted by atomic mass is 15.2. The molecular weight excluding hydrogens is 190 g/mol. The smallest absolute Gasteiger partial charge is 0.0609 e. The lowest BCUT2D eigenvalue weighted by molar-refractivity contribution is 0.589. The molecule has 0 aromatic heterocycles. The Bertz CT molecular complexity index is 377. The first-order valence-corrected chi connectivity index (χ1v) is 5.01. The van der Waals surface area contributed by atoms with E-state index in [2.05, 4.69) is 20.2 Å². The van der Waals surface area contributed by atoms with E-state index >= 15 is 0 Å². The molecule has 1 N–H and O–H groups in total. The zero-order chi connectivity index (χ0) is 10.5. The SMILES string of the molecule is [N-]=[N+]=Nc1ccccc1N1CCNCC1. The highest BCUT2D eigenvalue weighted by Crippen LogP contribution is 2.28. The highest BCUT2D eigenvalue weighted by Gasteiger charge is 2.12. The van der Waals surface area contributed by atoms with E-state index in [1.165, 1.54) is 0 Å². The number of hydrogen-bond acceptors (Lipinski definition) is 3. The van der Waals surface area contributed by atoms with Crippen molar-refractivity contribution in [2.24, 2.45) is 5.11 Å². The summed E-state index contributed by atoms with van der Waals surface area (Å²) in [7, 11) is 0. The maximum Gasteiger partial charge on any atom is 0.0609 e. The van der Waals surface area contributed by atoms with E-state index in [0.29, 0.717) is 5.69 Å². The number of para-hydroxylation sites is 1. The van der Waals surface area contributed by atoms with Crippen LogP contribution in [-0.2, 0) is 0 Å². The summed E-state index contributed by atoms with van der Waals surface area (Å²) in [4.78, 5) is 5.08. The van der Waals surface area contributed by atoms with Gasteiger partial charge in [0, 0.05) is 36.8 Å². The van der Waals surface area contributed by atoms with E-state index in [0.717, 1.165) is 31.9 Å². The molecule has 0 bridgehead atoms. The molecule has 0 atom stereocenters. The summed E-state index contributed by atoms with van der Waals surface area (Å²) >= 11 is 0. The Morgan fingerprint density at radius 1 is 1.27 bits per heavy atom. The number of nitrogens with one attached hydrogen (secondary N) is 1. The molecular formula is C10H13N5. The molecule has 1 saturated heterocycles. The van der Waals surface area contributed by atoms with Crippen molar-refractivity contribution < 1.29 is 0 Å². The fourth-order valence-corrected chi connectivity index (χ4v) is 1.77. The average molecular weight is 203 g/mol. The maximum absolute atomic E-state index is 8.47. The molecule has 0 saturated carbocycles. The monoisotopic (exact) mass is 203 g/mol. The van der Waals surface area contributed by atoms with Gasteiger partial charge >= 0.3 is 0 Å². The number of hydrogen-bond donors (Lipinski definition) is 1. The van der Waals surface area contributed by atoms with Gasteiger partial charge in [0.2, 0.25) is 0 Å². The van der Waals surface area contributed by atoms with E-state index in [1.54, 1.807) is 0 Å². The van der Waals surface area contributed by atoms with Crippen molar-refractivity contribution in [1.29, 1.82) is 0 Å². The summed E-state index contributed by atoms with van der Waals surface area (Å²) in [6.45, 7) is 3.87. The second-order valence-corrected chi connectivity index (χ2v) is 3.42. The van der Waals surface area contributed by atoms with E-state index in [9.17, 15) is 0 Å². The first-order valence-electron chi connectivity index (χ1n) is 5.01. The highest BCUT2D eigenvalue weighted by molar-refractivity contribution is 5.66. The number of rotatable bonds is 2. The minimum absolute atomic E-state index is 0.710. The predicted octanol–water partition coefficient (Wildman–Crippen LogP) is 2.04. The third-order valence-corrected chi connectivity index (χ3v) is 2.49. The van der Waals surface area contributed by atoms with Crippen LogP contribution in [0.3, 0.4) is 0 Å². The van der Waals surface area contributed by atoms with Crippen molar-refractivity contribution in [2.75, 3.05) is 31.1 Å². The number of anilines is 1. The van der Waals surface area contributed by atoms with E-state index in [-0.39, 0.29) is 0 Å². The lowest BCUT2D eigenvalue weighted by Crippen LogP contribution is -2.43. The Kier molecular flexibility index (Phi) is 3.07. The van der Waals surface area contributed by atoms with Gasteiger partial charge < -0.3 is 10.2 Å². The summed E-state index contributed by atoms with van der Waals surface area (Å²) in [5, 5.41) is 6.99. The number of benzene rings is 1. The molecule has 2 rings (SSSR count). The molecule has 1 heterocycles. The summed E-state index contributed by atoms with van der Waals surface area (Å²) in [5.74, 6) is 0. The number of nitrogens with zero attached hydrogens (tertiary/aromatic N) is 4. The van der Waals surface area contributed by atoms with Gasteiger partial charge in [0.05, 0.1) is 5.69 Å². The predicted molar refractivity (Wildman–Crippen MR) is 60.3 cm³/mol. The molecule has 0 aliphatic carbocycles. The molecule has 1 aromatic rings. The van der Waals surface area contributed by atoms with Crippen LogP contribution in [-0.4, -0.2) is 26.2 Å². The van der Waals surface area contributed by atoms with Crippen LogP contribution in [0.4, 0.5) is 11.4 Å². The minimum atomic E-state index is 0.710. The van der Waals surface area contributed by atoms with Gasteiger partial charge in [-0.25, -0.2) is 0 Å². The van der Waals surface area contributed by atoms with Crippen LogP contribution in [0.1, 0.15) is 0 Å². The molecule has 0 unspecified atom stereocenters. The second-order valence-electron chi connectivity index (χ2n) is 3.42. The van der Waals surface area contributed by atoms with Crippen LogP contribution in [0.5, 0.6) is 0 Å². The average Bonchev–Trinajstić information content (AvgIpc) is 2.31. The Morgan fingerprint density at radius 3 is 2.73 bits per heavy atom. The second kappa shape index (κ2) is 4.68. The van der Waals surface area contributed by atoms with E-state index in [4.69, 9.17) is 5.53 Å². The zero-order valence-electron chi connectivity index (χ0n) is 8.43. The topological polar surface area (TPSA) is 64.0 Å². The van der Waals surface area contributed by atoms with Gasteiger partial charge in [0.15, 0.2) is 0 Å². The van der Waals surface area contributed by atoms with Crippen LogP contribution in [0.15, 0.2) is 29.4 Å². The van der Waals surface area contributed by atoms with Crippen molar-refractivity contribution in [1.82, 2.24) is 5.32 Å². The van der Waals surface area contributed by atoms with Gasteiger partial charge in [-0.05, 0) is 11.6 Å².